The summed E-state index contributed by atoms with van der Waals surface area (Å²) >= 11 is 1.79. The molecule has 0 aliphatic carbocycles. The first-order chi connectivity index (χ1) is 11.8. The maximum atomic E-state index is 12.6. The number of hydrogen-bond acceptors (Lipinski definition) is 5. The molecule has 1 aromatic heterocycles. The zero-order valence-corrected chi connectivity index (χ0v) is 14.5. The molecule has 6 heteroatoms. The molecular formula is C18H21N3O2S. The number of benzene rings is 1. The Bertz CT molecular complexity index is 675. The summed E-state index contributed by atoms with van der Waals surface area (Å²) in [6.07, 6.45) is 1.62. The molecule has 3 rings (SSSR count). The molecule has 0 unspecified atom stereocenters. The van der Waals surface area contributed by atoms with Crippen molar-refractivity contribution in [3.8, 4) is 0 Å². The highest BCUT2D eigenvalue weighted by atomic mass is 32.1. The lowest BCUT2D eigenvalue weighted by atomic mass is 10.1. The van der Waals surface area contributed by atoms with E-state index in [0.717, 1.165) is 43.9 Å². The number of carbonyl (C=O) groups is 1. The average Bonchev–Trinajstić information content (AvgIpc) is 3.13. The van der Waals surface area contributed by atoms with Crippen molar-refractivity contribution in [3.63, 3.8) is 0 Å². The molecule has 0 saturated carbocycles. The third-order valence-corrected chi connectivity index (χ3v) is 4.95. The van der Waals surface area contributed by atoms with Gasteiger partial charge in [0.1, 0.15) is 7.11 Å². The Kier molecular flexibility index (Phi) is 5.61. The Balaban J connectivity index is 1.54. The number of carbonyl (C=O) groups excluding carboxylic acids is 1. The van der Waals surface area contributed by atoms with Gasteiger partial charge in [-0.15, -0.1) is 11.3 Å². The van der Waals surface area contributed by atoms with Crippen LogP contribution in [-0.4, -0.2) is 55.2 Å². The number of piperazine rings is 1. The number of hydrogen-bond donors (Lipinski definition) is 0. The van der Waals surface area contributed by atoms with Crippen molar-refractivity contribution in [2.45, 2.75) is 6.54 Å². The van der Waals surface area contributed by atoms with E-state index in [9.17, 15) is 4.79 Å². The normalized spacial score (nSPS) is 15.8. The largest absolute Gasteiger partial charge is 0.399 e. The molecule has 1 amide bonds. The van der Waals surface area contributed by atoms with Gasteiger partial charge in [0.2, 0.25) is 0 Å². The Morgan fingerprint density at radius 2 is 1.96 bits per heavy atom. The summed E-state index contributed by atoms with van der Waals surface area (Å²) < 4.78 is 0. The zero-order chi connectivity index (χ0) is 16.8. The lowest BCUT2D eigenvalue weighted by molar-refractivity contribution is 0.0629. The first-order valence-corrected chi connectivity index (χ1v) is 8.85. The average molecular weight is 343 g/mol. The first-order valence-electron chi connectivity index (χ1n) is 7.97. The van der Waals surface area contributed by atoms with Crippen LogP contribution in [0.15, 0.2) is 46.9 Å². The van der Waals surface area contributed by atoms with E-state index in [0.29, 0.717) is 0 Å². The van der Waals surface area contributed by atoms with E-state index in [1.54, 1.807) is 17.6 Å². The van der Waals surface area contributed by atoms with Gasteiger partial charge < -0.3 is 9.74 Å². The van der Waals surface area contributed by atoms with Crippen LogP contribution in [0.25, 0.3) is 0 Å². The van der Waals surface area contributed by atoms with Crippen molar-refractivity contribution in [2.75, 3.05) is 33.3 Å². The number of rotatable bonds is 5. The van der Waals surface area contributed by atoms with Crippen molar-refractivity contribution in [1.29, 1.82) is 0 Å². The fraction of sp³-hybridized carbons (Fsp3) is 0.333. The van der Waals surface area contributed by atoms with Crippen molar-refractivity contribution < 1.29 is 9.63 Å². The number of thiophene rings is 1. The molecular weight excluding hydrogens is 322 g/mol. The molecule has 5 nitrogen and oxygen atoms in total. The summed E-state index contributed by atoms with van der Waals surface area (Å²) in [6, 6.07) is 11.7. The molecule has 0 spiro atoms. The van der Waals surface area contributed by atoms with Gasteiger partial charge in [0.15, 0.2) is 0 Å². The summed E-state index contributed by atoms with van der Waals surface area (Å²) in [5.74, 6) is 0.0982. The molecule has 2 aromatic rings. The van der Waals surface area contributed by atoms with E-state index in [1.807, 2.05) is 29.2 Å². The first kappa shape index (κ1) is 16.7. The molecule has 1 aliphatic heterocycles. The van der Waals surface area contributed by atoms with Gasteiger partial charge in [0.05, 0.1) is 6.21 Å². The van der Waals surface area contributed by atoms with Crippen molar-refractivity contribution in [3.05, 3.63) is 57.8 Å². The Hall–Kier alpha value is -2.18. The second-order valence-corrected chi connectivity index (χ2v) is 6.72. The topological polar surface area (TPSA) is 45.1 Å². The van der Waals surface area contributed by atoms with Crippen LogP contribution in [0.2, 0.25) is 0 Å². The molecule has 126 valence electrons. The van der Waals surface area contributed by atoms with Crippen molar-refractivity contribution in [2.24, 2.45) is 5.16 Å². The van der Waals surface area contributed by atoms with E-state index in [1.165, 1.54) is 12.0 Å². The third kappa shape index (κ3) is 4.21. The number of amides is 1. The minimum atomic E-state index is 0.0982. The lowest BCUT2D eigenvalue weighted by Crippen LogP contribution is -2.48. The van der Waals surface area contributed by atoms with Gasteiger partial charge in [-0.25, -0.2) is 0 Å². The van der Waals surface area contributed by atoms with Crippen LogP contribution in [0.5, 0.6) is 0 Å². The van der Waals surface area contributed by atoms with E-state index < -0.39 is 0 Å². The van der Waals surface area contributed by atoms with Gasteiger partial charge in [-0.05, 0) is 29.1 Å². The highest BCUT2D eigenvalue weighted by Crippen LogP contribution is 2.15. The molecule has 0 radical (unpaired) electrons. The smallest absolute Gasteiger partial charge is 0.253 e. The molecule has 24 heavy (non-hydrogen) atoms. The minimum absolute atomic E-state index is 0.0982. The summed E-state index contributed by atoms with van der Waals surface area (Å²) in [7, 11) is 1.51. The third-order valence-electron chi connectivity index (χ3n) is 4.08. The van der Waals surface area contributed by atoms with Crippen LogP contribution in [0.3, 0.4) is 0 Å². The molecule has 0 N–H and O–H groups in total. The number of nitrogens with zero attached hydrogens (tertiary/aromatic N) is 3. The highest BCUT2D eigenvalue weighted by molar-refractivity contribution is 7.09. The van der Waals surface area contributed by atoms with Crippen LogP contribution in [0.4, 0.5) is 0 Å². The summed E-state index contributed by atoms with van der Waals surface area (Å²) in [5, 5.41) is 5.83. The molecule has 2 heterocycles. The fourth-order valence-electron chi connectivity index (χ4n) is 2.74. The van der Waals surface area contributed by atoms with Gasteiger partial charge >= 0.3 is 0 Å². The maximum Gasteiger partial charge on any atom is 0.253 e. The van der Waals surface area contributed by atoms with Crippen LogP contribution < -0.4 is 0 Å². The van der Waals surface area contributed by atoms with E-state index >= 15 is 0 Å². The minimum Gasteiger partial charge on any atom is -0.399 e. The van der Waals surface area contributed by atoms with Crippen LogP contribution in [-0.2, 0) is 11.4 Å². The quantitative estimate of drug-likeness (QED) is 0.619. The van der Waals surface area contributed by atoms with Gasteiger partial charge in [0, 0.05) is 43.2 Å². The van der Waals surface area contributed by atoms with Crippen LogP contribution >= 0.6 is 11.3 Å². The summed E-state index contributed by atoms with van der Waals surface area (Å²) in [5.41, 5.74) is 1.63. The lowest BCUT2D eigenvalue weighted by Gasteiger charge is -2.34. The molecule has 1 aliphatic rings. The molecule has 1 fully saturated rings. The molecule has 0 bridgehead atoms. The van der Waals surface area contributed by atoms with E-state index in [2.05, 4.69) is 32.4 Å². The van der Waals surface area contributed by atoms with Crippen LogP contribution in [0.1, 0.15) is 20.8 Å². The summed E-state index contributed by atoms with van der Waals surface area (Å²) in [4.78, 5) is 23.0. The zero-order valence-electron chi connectivity index (χ0n) is 13.7. The molecule has 1 saturated heterocycles. The monoisotopic (exact) mass is 343 g/mol. The van der Waals surface area contributed by atoms with Crippen molar-refractivity contribution in [1.82, 2.24) is 9.80 Å². The van der Waals surface area contributed by atoms with E-state index in [4.69, 9.17) is 0 Å². The van der Waals surface area contributed by atoms with E-state index in [-0.39, 0.29) is 5.91 Å². The Morgan fingerprint density at radius 3 is 2.58 bits per heavy atom. The fourth-order valence-corrected chi connectivity index (χ4v) is 3.49. The predicted molar refractivity (Wildman–Crippen MR) is 96.5 cm³/mol. The maximum absolute atomic E-state index is 12.6. The Labute approximate surface area is 146 Å². The predicted octanol–water partition coefficient (Wildman–Crippen LogP) is 2.69. The molecule has 0 atom stereocenters. The Morgan fingerprint density at radius 1 is 1.21 bits per heavy atom. The van der Waals surface area contributed by atoms with Gasteiger partial charge in [-0.2, -0.15) is 0 Å². The second-order valence-electron chi connectivity index (χ2n) is 5.69. The number of oxime groups is 1. The SMILES string of the molecule is CO/N=C/c1ccc(C(=O)N2CCN(Cc3cccs3)CC2)cc1. The van der Waals surface area contributed by atoms with Gasteiger partial charge in [-0.1, -0.05) is 23.4 Å². The van der Waals surface area contributed by atoms with Gasteiger partial charge in [-0.3, -0.25) is 9.69 Å². The highest BCUT2D eigenvalue weighted by Gasteiger charge is 2.22. The standard InChI is InChI=1S/C18H21N3O2S/c1-23-19-13-15-4-6-16(7-5-15)18(22)21-10-8-20(9-11-21)14-17-3-2-12-24-17/h2-7,12-13H,8-11,14H2,1H3/b19-13+. The van der Waals surface area contributed by atoms with Gasteiger partial charge in [0.25, 0.3) is 5.91 Å². The molecule has 1 aromatic carbocycles. The second kappa shape index (κ2) is 8.08. The van der Waals surface area contributed by atoms with Crippen molar-refractivity contribution >= 4 is 23.5 Å². The van der Waals surface area contributed by atoms with Crippen LogP contribution in [0, 0.1) is 0 Å². The summed E-state index contributed by atoms with van der Waals surface area (Å²) in [6.45, 7) is 4.37.